The Kier molecular flexibility index (Phi) is 3.44. The molecule has 0 aliphatic rings. The molecule has 2 rings (SSSR count). The fourth-order valence-electron chi connectivity index (χ4n) is 1.62. The number of nitrogens with zero attached hydrogens (tertiary/aromatic N) is 2. The smallest absolute Gasteiger partial charge is 0.257 e. The van der Waals surface area contributed by atoms with Gasteiger partial charge in [-0.15, -0.1) is 0 Å². The van der Waals surface area contributed by atoms with Crippen molar-refractivity contribution < 1.29 is 4.79 Å². The minimum absolute atomic E-state index is 0.285. The van der Waals surface area contributed by atoms with Crippen molar-refractivity contribution in [1.29, 1.82) is 5.26 Å². The van der Waals surface area contributed by atoms with Gasteiger partial charge in [-0.3, -0.25) is 9.78 Å². The highest BCUT2D eigenvalue weighted by atomic mass is 16.1. The van der Waals surface area contributed by atoms with Crippen molar-refractivity contribution in [2.75, 3.05) is 11.1 Å². The van der Waals surface area contributed by atoms with Crippen LogP contribution < -0.4 is 11.1 Å². The third-order valence-corrected chi connectivity index (χ3v) is 2.57. The van der Waals surface area contributed by atoms with Gasteiger partial charge in [-0.05, 0) is 36.8 Å². The maximum Gasteiger partial charge on any atom is 0.257 e. The van der Waals surface area contributed by atoms with Gasteiger partial charge in [0.2, 0.25) is 0 Å². The second-order valence-electron chi connectivity index (χ2n) is 4.12. The number of nitriles is 1. The SMILES string of the molecule is Cc1cncc(C(=O)Nc2ccc(C#N)cc2N)c1. The fourth-order valence-corrected chi connectivity index (χ4v) is 1.62. The maximum atomic E-state index is 12.0. The molecular weight excluding hydrogens is 240 g/mol. The van der Waals surface area contributed by atoms with E-state index in [9.17, 15) is 4.79 Å². The van der Waals surface area contributed by atoms with Gasteiger partial charge in [0.25, 0.3) is 5.91 Å². The van der Waals surface area contributed by atoms with Crippen LogP contribution in [0.15, 0.2) is 36.7 Å². The van der Waals surface area contributed by atoms with Gasteiger partial charge < -0.3 is 11.1 Å². The highest BCUT2D eigenvalue weighted by Gasteiger charge is 2.09. The van der Waals surface area contributed by atoms with E-state index in [-0.39, 0.29) is 5.91 Å². The number of nitrogens with one attached hydrogen (secondary N) is 1. The van der Waals surface area contributed by atoms with Crippen molar-refractivity contribution in [3.8, 4) is 6.07 Å². The van der Waals surface area contributed by atoms with Gasteiger partial charge in [0, 0.05) is 12.4 Å². The molecule has 3 N–H and O–H groups in total. The molecule has 2 aromatic rings. The number of nitrogens with two attached hydrogens (primary N) is 1. The van der Waals surface area contributed by atoms with Gasteiger partial charge in [-0.2, -0.15) is 5.26 Å². The number of hydrogen-bond acceptors (Lipinski definition) is 4. The Morgan fingerprint density at radius 1 is 1.37 bits per heavy atom. The average molecular weight is 252 g/mol. The van der Waals surface area contributed by atoms with Crippen molar-refractivity contribution >= 4 is 17.3 Å². The zero-order chi connectivity index (χ0) is 13.8. The van der Waals surface area contributed by atoms with Crippen LogP contribution in [0.1, 0.15) is 21.5 Å². The summed E-state index contributed by atoms with van der Waals surface area (Å²) in [5.74, 6) is -0.285. The van der Waals surface area contributed by atoms with Gasteiger partial charge in [0.1, 0.15) is 0 Å². The molecule has 0 saturated heterocycles. The molecule has 0 spiro atoms. The Balaban J connectivity index is 2.22. The Labute approximate surface area is 110 Å². The zero-order valence-corrected chi connectivity index (χ0v) is 10.3. The van der Waals surface area contributed by atoms with Crippen LogP contribution in [0.5, 0.6) is 0 Å². The number of aromatic nitrogens is 1. The molecule has 0 bridgehead atoms. The number of nitrogen functional groups attached to an aromatic ring is 1. The highest BCUT2D eigenvalue weighted by molar-refractivity contribution is 6.05. The van der Waals surface area contributed by atoms with Crippen molar-refractivity contribution in [3.63, 3.8) is 0 Å². The van der Waals surface area contributed by atoms with Gasteiger partial charge in [-0.25, -0.2) is 0 Å². The lowest BCUT2D eigenvalue weighted by Crippen LogP contribution is -2.13. The lowest BCUT2D eigenvalue weighted by Gasteiger charge is -2.08. The second kappa shape index (κ2) is 5.19. The standard InChI is InChI=1S/C14H12N4O/c1-9-4-11(8-17-7-9)14(19)18-13-3-2-10(6-15)5-12(13)16/h2-5,7-8H,16H2,1H3,(H,18,19). The third-order valence-electron chi connectivity index (χ3n) is 2.57. The molecule has 0 radical (unpaired) electrons. The van der Waals surface area contributed by atoms with Crippen LogP contribution in [-0.4, -0.2) is 10.9 Å². The summed E-state index contributed by atoms with van der Waals surface area (Å²) in [6.45, 7) is 1.86. The molecule has 0 unspecified atom stereocenters. The summed E-state index contributed by atoms with van der Waals surface area (Å²) in [7, 11) is 0. The molecule has 94 valence electrons. The number of aryl methyl sites for hydroxylation is 1. The van der Waals surface area contributed by atoms with E-state index in [1.807, 2.05) is 13.0 Å². The molecule has 1 heterocycles. The average Bonchev–Trinajstić information content (AvgIpc) is 2.41. The van der Waals surface area contributed by atoms with E-state index < -0.39 is 0 Å². The predicted octanol–water partition coefficient (Wildman–Crippen LogP) is 2.10. The molecule has 0 saturated carbocycles. The van der Waals surface area contributed by atoms with Crippen molar-refractivity contribution in [2.24, 2.45) is 0 Å². The van der Waals surface area contributed by atoms with E-state index >= 15 is 0 Å². The first-order chi connectivity index (χ1) is 9.10. The van der Waals surface area contributed by atoms with Gasteiger partial charge >= 0.3 is 0 Å². The number of rotatable bonds is 2. The van der Waals surface area contributed by atoms with Gasteiger partial charge in [0.05, 0.1) is 28.6 Å². The molecule has 1 aromatic heterocycles. The minimum Gasteiger partial charge on any atom is -0.397 e. The van der Waals surface area contributed by atoms with E-state index in [0.717, 1.165) is 5.56 Å². The van der Waals surface area contributed by atoms with Crippen LogP contribution in [0.4, 0.5) is 11.4 Å². The maximum absolute atomic E-state index is 12.0. The third kappa shape index (κ3) is 2.87. The van der Waals surface area contributed by atoms with Crippen LogP contribution >= 0.6 is 0 Å². The van der Waals surface area contributed by atoms with Crippen molar-refractivity contribution in [1.82, 2.24) is 4.98 Å². The predicted molar refractivity (Wildman–Crippen MR) is 72.5 cm³/mol. The Hall–Kier alpha value is -2.87. The number of carbonyl (C=O) groups is 1. The summed E-state index contributed by atoms with van der Waals surface area (Å²) in [5.41, 5.74) is 8.42. The normalized spacial score (nSPS) is 9.68. The first kappa shape index (κ1) is 12.6. The summed E-state index contributed by atoms with van der Waals surface area (Å²) in [5, 5.41) is 11.4. The topological polar surface area (TPSA) is 91.8 Å². The lowest BCUT2D eigenvalue weighted by molar-refractivity contribution is 0.102. The summed E-state index contributed by atoms with van der Waals surface area (Å²) in [4.78, 5) is 16.0. The zero-order valence-electron chi connectivity index (χ0n) is 10.3. The van der Waals surface area contributed by atoms with Crippen LogP contribution in [0.25, 0.3) is 0 Å². The first-order valence-electron chi connectivity index (χ1n) is 5.63. The molecule has 1 aromatic carbocycles. The number of hydrogen-bond donors (Lipinski definition) is 2. The number of benzene rings is 1. The van der Waals surface area contributed by atoms with Crippen molar-refractivity contribution in [3.05, 3.63) is 53.3 Å². The second-order valence-corrected chi connectivity index (χ2v) is 4.12. The van der Waals surface area contributed by atoms with Gasteiger partial charge in [0.15, 0.2) is 0 Å². The van der Waals surface area contributed by atoms with Gasteiger partial charge in [-0.1, -0.05) is 0 Å². The Morgan fingerprint density at radius 2 is 2.16 bits per heavy atom. The quantitative estimate of drug-likeness (QED) is 0.800. The first-order valence-corrected chi connectivity index (χ1v) is 5.63. The number of carbonyl (C=O) groups excluding carboxylic acids is 1. The van der Waals surface area contributed by atoms with E-state index in [2.05, 4.69) is 10.3 Å². The molecule has 5 heteroatoms. The van der Waals surface area contributed by atoms with Crippen LogP contribution in [-0.2, 0) is 0 Å². The Bertz CT molecular complexity index is 673. The number of pyridine rings is 1. The lowest BCUT2D eigenvalue weighted by atomic mass is 10.1. The fraction of sp³-hybridized carbons (Fsp3) is 0.0714. The molecule has 19 heavy (non-hydrogen) atoms. The summed E-state index contributed by atoms with van der Waals surface area (Å²) < 4.78 is 0. The molecule has 0 aliphatic carbocycles. The Morgan fingerprint density at radius 3 is 2.79 bits per heavy atom. The molecular formula is C14H12N4O. The summed E-state index contributed by atoms with van der Waals surface area (Å²) in [6, 6.07) is 8.44. The van der Waals surface area contributed by atoms with E-state index in [4.69, 9.17) is 11.0 Å². The molecule has 5 nitrogen and oxygen atoms in total. The van der Waals surface area contributed by atoms with Crippen LogP contribution in [0, 0.1) is 18.3 Å². The van der Waals surface area contributed by atoms with Crippen LogP contribution in [0.2, 0.25) is 0 Å². The number of amides is 1. The minimum atomic E-state index is -0.285. The molecule has 0 atom stereocenters. The summed E-state index contributed by atoms with van der Waals surface area (Å²) in [6.07, 6.45) is 3.16. The number of anilines is 2. The summed E-state index contributed by atoms with van der Waals surface area (Å²) >= 11 is 0. The van der Waals surface area contributed by atoms with E-state index in [0.29, 0.717) is 22.5 Å². The molecule has 1 amide bonds. The van der Waals surface area contributed by atoms with E-state index in [1.54, 1.807) is 24.4 Å². The largest absolute Gasteiger partial charge is 0.397 e. The van der Waals surface area contributed by atoms with Crippen LogP contribution in [0.3, 0.4) is 0 Å². The monoisotopic (exact) mass is 252 g/mol. The molecule has 0 aliphatic heterocycles. The molecule has 0 fully saturated rings. The highest BCUT2D eigenvalue weighted by Crippen LogP contribution is 2.20. The van der Waals surface area contributed by atoms with Crippen molar-refractivity contribution in [2.45, 2.75) is 6.92 Å². The van der Waals surface area contributed by atoms with E-state index in [1.165, 1.54) is 12.3 Å².